The van der Waals surface area contributed by atoms with Crippen LogP contribution < -0.4 is 0 Å². The zero-order chi connectivity index (χ0) is 12.8. The van der Waals surface area contributed by atoms with Gasteiger partial charge in [-0.15, -0.1) is 0 Å². The lowest BCUT2D eigenvalue weighted by molar-refractivity contribution is -0.00232. The minimum absolute atomic E-state index is 0.669. The van der Waals surface area contributed by atoms with Crippen molar-refractivity contribution in [1.82, 2.24) is 0 Å². The number of fused-ring (bicyclic) bond motifs is 5. The molecule has 19 heavy (non-hydrogen) atoms. The van der Waals surface area contributed by atoms with Crippen LogP contribution in [0.3, 0.4) is 0 Å². The number of benzene rings is 3. The number of hydrogen-bond donors (Lipinski definition) is 0. The van der Waals surface area contributed by atoms with Crippen molar-refractivity contribution in [3.05, 3.63) is 77.3 Å². The Hall–Kier alpha value is -2.70. The van der Waals surface area contributed by atoms with Crippen LogP contribution in [0.4, 0.5) is 0 Å². The molecule has 0 aliphatic heterocycles. The third-order valence-corrected chi connectivity index (χ3v) is 3.74. The van der Waals surface area contributed by atoms with Gasteiger partial charge in [-0.3, -0.25) is 0 Å². The molecule has 3 aromatic rings. The average Bonchev–Trinajstić information content (AvgIpc) is 2.81. The van der Waals surface area contributed by atoms with Crippen molar-refractivity contribution < 1.29 is 4.79 Å². The molecule has 1 aliphatic carbocycles. The van der Waals surface area contributed by atoms with Crippen molar-refractivity contribution in [1.29, 1.82) is 0 Å². The van der Waals surface area contributed by atoms with Crippen LogP contribution in [0.15, 0.2) is 60.7 Å². The van der Waals surface area contributed by atoms with Crippen molar-refractivity contribution >= 4 is 16.5 Å². The summed E-state index contributed by atoms with van der Waals surface area (Å²) in [5.74, 6) is 0. The standard InChI is InChI=1S/C17H10N2/c18-19-17-15-8-4-3-7-13(15)14-10-9-11-5-1-2-6-12(11)16(14)17/h1-10H. The van der Waals surface area contributed by atoms with E-state index in [0.29, 0.717) is 5.71 Å². The Morgan fingerprint density at radius 1 is 0.684 bits per heavy atom. The van der Waals surface area contributed by atoms with Gasteiger partial charge in [0.05, 0.1) is 11.1 Å². The topological polar surface area (TPSA) is 36.4 Å². The van der Waals surface area contributed by atoms with Crippen molar-refractivity contribution in [2.24, 2.45) is 0 Å². The second-order valence-electron chi connectivity index (χ2n) is 4.70. The van der Waals surface area contributed by atoms with E-state index in [0.717, 1.165) is 33.0 Å². The van der Waals surface area contributed by atoms with Crippen LogP contribution in [0.2, 0.25) is 0 Å². The summed E-state index contributed by atoms with van der Waals surface area (Å²) in [6.45, 7) is 0. The van der Waals surface area contributed by atoms with Gasteiger partial charge >= 0.3 is 5.71 Å². The second-order valence-corrected chi connectivity index (χ2v) is 4.70. The first-order valence-corrected chi connectivity index (χ1v) is 6.24. The summed E-state index contributed by atoms with van der Waals surface area (Å²) >= 11 is 0. The molecule has 0 amide bonds. The predicted octanol–water partition coefficient (Wildman–Crippen LogP) is 3.89. The highest BCUT2D eigenvalue weighted by atomic mass is 14.9. The Morgan fingerprint density at radius 3 is 2.26 bits per heavy atom. The third kappa shape index (κ3) is 1.26. The van der Waals surface area contributed by atoms with Gasteiger partial charge in [0.1, 0.15) is 0 Å². The molecule has 0 fully saturated rings. The van der Waals surface area contributed by atoms with Gasteiger partial charge in [0.2, 0.25) is 0 Å². The highest BCUT2D eigenvalue weighted by Gasteiger charge is 2.32. The molecular weight excluding hydrogens is 232 g/mol. The highest BCUT2D eigenvalue weighted by molar-refractivity contribution is 6.27. The van der Waals surface area contributed by atoms with Gasteiger partial charge < -0.3 is 5.53 Å². The van der Waals surface area contributed by atoms with E-state index >= 15 is 0 Å². The lowest BCUT2D eigenvalue weighted by Gasteiger charge is -2.02. The van der Waals surface area contributed by atoms with E-state index in [2.05, 4.69) is 35.1 Å². The Morgan fingerprint density at radius 2 is 1.42 bits per heavy atom. The molecular formula is C17H10N2. The van der Waals surface area contributed by atoms with E-state index in [1.165, 1.54) is 0 Å². The summed E-state index contributed by atoms with van der Waals surface area (Å²) in [4.78, 5) is 3.54. The van der Waals surface area contributed by atoms with Crippen LogP contribution >= 0.6 is 0 Å². The summed E-state index contributed by atoms with van der Waals surface area (Å²) in [6.07, 6.45) is 0. The minimum atomic E-state index is 0.669. The molecule has 0 radical (unpaired) electrons. The quantitative estimate of drug-likeness (QED) is 0.331. The van der Waals surface area contributed by atoms with Crippen LogP contribution in [0.5, 0.6) is 0 Å². The van der Waals surface area contributed by atoms with Crippen LogP contribution in [0.25, 0.3) is 27.4 Å². The van der Waals surface area contributed by atoms with Gasteiger partial charge in [-0.1, -0.05) is 54.6 Å². The number of nitrogens with zero attached hydrogens (tertiary/aromatic N) is 2. The van der Waals surface area contributed by atoms with Crippen molar-refractivity contribution in [3.8, 4) is 11.1 Å². The highest BCUT2D eigenvalue weighted by Crippen LogP contribution is 2.39. The van der Waals surface area contributed by atoms with Crippen LogP contribution in [-0.2, 0) is 0 Å². The van der Waals surface area contributed by atoms with Gasteiger partial charge in [0, 0.05) is 0 Å². The molecule has 3 aromatic carbocycles. The van der Waals surface area contributed by atoms with E-state index in [-0.39, 0.29) is 0 Å². The maximum atomic E-state index is 9.41. The molecule has 0 unspecified atom stereocenters. The molecule has 2 heteroatoms. The molecule has 88 valence electrons. The zero-order valence-electron chi connectivity index (χ0n) is 10.2. The number of rotatable bonds is 0. The fourth-order valence-electron chi connectivity index (χ4n) is 2.91. The zero-order valence-corrected chi connectivity index (χ0v) is 10.2. The Kier molecular flexibility index (Phi) is 1.96. The second kappa shape index (κ2) is 3.64. The van der Waals surface area contributed by atoms with Crippen LogP contribution in [0.1, 0.15) is 11.1 Å². The summed E-state index contributed by atoms with van der Waals surface area (Å²) < 4.78 is 0. The summed E-state index contributed by atoms with van der Waals surface area (Å²) in [7, 11) is 0. The van der Waals surface area contributed by atoms with Gasteiger partial charge in [0.25, 0.3) is 0 Å². The first-order chi connectivity index (χ1) is 9.40. The average molecular weight is 242 g/mol. The minimum Gasteiger partial charge on any atom is -0.361 e. The normalized spacial score (nSPS) is 12.1. The predicted molar refractivity (Wildman–Crippen MR) is 76.2 cm³/mol. The molecule has 0 bridgehead atoms. The largest absolute Gasteiger partial charge is 0.361 e. The molecule has 0 saturated heterocycles. The maximum Gasteiger partial charge on any atom is 0.331 e. The van der Waals surface area contributed by atoms with Crippen molar-refractivity contribution in [3.63, 3.8) is 0 Å². The first kappa shape index (κ1) is 10.2. The third-order valence-electron chi connectivity index (χ3n) is 3.74. The summed E-state index contributed by atoms with van der Waals surface area (Å²) in [6, 6.07) is 20.5. The smallest absolute Gasteiger partial charge is 0.331 e. The lowest BCUT2D eigenvalue weighted by atomic mass is 9.99. The van der Waals surface area contributed by atoms with Gasteiger partial charge in [0.15, 0.2) is 0 Å². The molecule has 1 aliphatic rings. The fourth-order valence-corrected chi connectivity index (χ4v) is 2.91. The molecule has 0 saturated carbocycles. The van der Waals surface area contributed by atoms with Crippen LogP contribution in [0, 0.1) is 0 Å². The molecule has 0 N–H and O–H groups in total. The van der Waals surface area contributed by atoms with E-state index in [1.54, 1.807) is 0 Å². The van der Waals surface area contributed by atoms with Gasteiger partial charge in [-0.05, 0) is 28.0 Å². The summed E-state index contributed by atoms with van der Waals surface area (Å²) in [5.41, 5.74) is 14.4. The molecule has 0 atom stereocenters. The number of hydrogen-bond acceptors (Lipinski definition) is 0. The van der Waals surface area contributed by atoms with Crippen LogP contribution in [-0.4, -0.2) is 10.5 Å². The first-order valence-electron chi connectivity index (χ1n) is 6.24. The molecule has 0 heterocycles. The van der Waals surface area contributed by atoms with Crippen molar-refractivity contribution in [2.45, 2.75) is 0 Å². The molecule has 0 spiro atoms. The lowest BCUT2D eigenvalue weighted by Crippen LogP contribution is -1.99. The SMILES string of the molecule is [N-]=[N+]=C1c2ccccc2-c2ccc3ccccc3c21. The summed E-state index contributed by atoms with van der Waals surface area (Å²) in [5, 5.41) is 2.29. The fraction of sp³-hybridized carbons (Fsp3) is 0. The monoisotopic (exact) mass is 242 g/mol. The maximum absolute atomic E-state index is 9.41. The van der Waals surface area contributed by atoms with Gasteiger partial charge in [-0.25, -0.2) is 0 Å². The Labute approximate surface area is 110 Å². The van der Waals surface area contributed by atoms with E-state index in [1.807, 2.05) is 30.3 Å². The van der Waals surface area contributed by atoms with E-state index < -0.39 is 0 Å². The van der Waals surface area contributed by atoms with E-state index in [9.17, 15) is 5.53 Å². The van der Waals surface area contributed by atoms with E-state index in [4.69, 9.17) is 0 Å². The molecule has 2 nitrogen and oxygen atoms in total. The molecule has 4 rings (SSSR count). The molecule has 0 aromatic heterocycles. The Balaban J connectivity index is 2.23. The Bertz CT molecular complexity index is 871. The van der Waals surface area contributed by atoms with Gasteiger partial charge in [-0.2, -0.15) is 4.79 Å². The van der Waals surface area contributed by atoms with Crippen molar-refractivity contribution in [2.75, 3.05) is 0 Å².